The zero-order chi connectivity index (χ0) is 15.1. The molecule has 0 aliphatic heterocycles. The average Bonchev–Trinajstić information content (AvgIpc) is 2.95. The van der Waals surface area contributed by atoms with Crippen LogP contribution in [0.15, 0.2) is 6.07 Å². The van der Waals surface area contributed by atoms with Gasteiger partial charge < -0.3 is 10.5 Å². The van der Waals surface area contributed by atoms with E-state index < -0.39 is 0 Å². The Bertz CT molecular complexity index is 820. The summed E-state index contributed by atoms with van der Waals surface area (Å²) in [4.78, 5) is 10.6. The maximum atomic E-state index is 6.00. The zero-order valence-corrected chi connectivity index (χ0v) is 13.3. The van der Waals surface area contributed by atoms with E-state index in [1.165, 1.54) is 4.88 Å². The molecule has 0 aromatic carbocycles. The second-order valence-corrected chi connectivity index (χ2v) is 6.01. The smallest absolute Gasteiger partial charge is 0.233 e. The Labute approximate surface area is 126 Å². The van der Waals surface area contributed by atoms with Crippen LogP contribution in [0.25, 0.3) is 10.2 Å². The molecule has 0 fully saturated rings. The third-order valence-electron chi connectivity index (χ3n) is 3.42. The molecule has 0 radical (unpaired) electrons. The van der Waals surface area contributed by atoms with Gasteiger partial charge in [-0.25, -0.2) is 4.98 Å². The average molecular weight is 303 g/mol. The van der Waals surface area contributed by atoms with Crippen molar-refractivity contribution in [3.05, 3.63) is 22.3 Å². The van der Waals surface area contributed by atoms with Crippen LogP contribution in [0.4, 0.5) is 5.95 Å². The molecule has 3 aromatic heterocycles. The highest BCUT2D eigenvalue weighted by Crippen LogP contribution is 2.35. The van der Waals surface area contributed by atoms with E-state index in [-0.39, 0.29) is 5.95 Å². The lowest BCUT2D eigenvalue weighted by atomic mass is 10.3. The summed E-state index contributed by atoms with van der Waals surface area (Å²) < 4.78 is 7.79. The molecule has 0 unspecified atom stereocenters. The van der Waals surface area contributed by atoms with E-state index in [0.29, 0.717) is 5.88 Å². The van der Waals surface area contributed by atoms with Crippen molar-refractivity contribution in [2.75, 3.05) is 5.73 Å². The molecular formula is C14H17N5OS. The predicted molar refractivity (Wildman–Crippen MR) is 84.0 cm³/mol. The highest BCUT2D eigenvalue weighted by atomic mass is 32.1. The van der Waals surface area contributed by atoms with Gasteiger partial charge >= 0.3 is 0 Å². The van der Waals surface area contributed by atoms with Gasteiger partial charge in [-0.2, -0.15) is 10.1 Å². The van der Waals surface area contributed by atoms with Crippen molar-refractivity contribution >= 4 is 27.5 Å². The van der Waals surface area contributed by atoms with Gasteiger partial charge in [0.05, 0.1) is 11.1 Å². The molecule has 0 spiro atoms. The third-order valence-corrected chi connectivity index (χ3v) is 4.59. The van der Waals surface area contributed by atoms with Crippen LogP contribution >= 0.6 is 11.3 Å². The Morgan fingerprint density at radius 3 is 2.71 bits per heavy atom. The van der Waals surface area contributed by atoms with Crippen LogP contribution in [-0.2, 0) is 13.5 Å². The summed E-state index contributed by atoms with van der Waals surface area (Å²) in [6.45, 7) is 5.98. The van der Waals surface area contributed by atoms with E-state index in [1.54, 1.807) is 16.0 Å². The normalized spacial score (nSPS) is 11.2. The summed E-state index contributed by atoms with van der Waals surface area (Å²) in [5.74, 6) is 1.44. The Morgan fingerprint density at radius 1 is 1.33 bits per heavy atom. The molecule has 7 heteroatoms. The maximum absolute atomic E-state index is 6.00. The molecule has 0 atom stereocenters. The monoisotopic (exact) mass is 303 g/mol. The van der Waals surface area contributed by atoms with Crippen molar-refractivity contribution in [1.29, 1.82) is 0 Å². The van der Waals surface area contributed by atoms with Gasteiger partial charge in [0.25, 0.3) is 0 Å². The molecule has 110 valence electrons. The third kappa shape index (κ3) is 2.33. The molecule has 21 heavy (non-hydrogen) atoms. The number of thiophene rings is 1. The van der Waals surface area contributed by atoms with Gasteiger partial charge in [-0.1, -0.05) is 6.92 Å². The first-order chi connectivity index (χ1) is 9.99. The number of rotatable bonds is 3. The van der Waals surface area contributed by atoms with Crippen molar-refractivity contribution in [2.24, 2.45) is 7.05 Å². The Hall–Kier alpha value is -2.15. The van der Waals surface area contributed by atoms with Crippen molar-refractivity contribution in [2.45, 2.75) is 27.2 Å². The standard InChI is InChI=1S/C14H17N5OS/c1-5-9-6-10-12(16-14(15)17-13(10)21-9)20-11-7(2)18-19(4)8(11)3/h6H,5H2,1-4H3,(H2,15,16,17). The predicted octanol–water partition coefficient (Wildman–Crippen LogP) is 2.98. The molecule has 0 bridgehead atoms. The van der Waals surface area contributed by atoms with E-state index >= 15 is 0 Å². The lowest BCUT2D eigenvalue weighted by Crippen LogP contribution is -1.98. The molecule has 0 saturated heterocycles. The topological polar surface area (TPSA) is 78.8 Å². The number of fused-ring (bicyclic) bond motifs is 1. The van der Waals surface area contributed by atoms with Gasteiger partial charge in [-0.3, -0.25) is 4.68 Å². The fraction of sp³-hybridized carbons (Fsp3) is 0.357. The highest BCUT2D eigenvalue weighted by Gasteiger charge is 2.17. The fourth-order valence-electron chi connectivity index (χ4n) is 2.21. The van der Waals surface area contributed by atoms with Crippen LogP contribution in [0.2, 0.25) is 0 Å². The maximum Gasteiger partial charge on any atom is 0.233 e. The second-order valence-electron chi connectivity index (χ2n) is 4.90. The van der Waals surface area contributed by atoms with Crippen molar-refractivity contribution in [3.63, 3.8) is 0 Å². The number of nitrogens with zero attached hydrogens (tertiary/aromatic N) is 4. The molecule has 3 rings (SSSR count). The minimum absolute atomic E-state index is 0.223. The molecule has 0 aliphatic carbocycles. The first-order valence-corrected chi connectivity index (χ1v) is 7.55. The van der Waals surface area contributed by atoms with Crippen LogP contribution in [0.5, 0.6) is 11.6 Å². The van der Waals surface area contributed by atoms with Gasteiger partial charge in [0.2, 0.25) is 11.8 Å². The van der Waals surface area contributed by atoms with E-state index in [4.69, 9.17) is 10.5 Å². The Morgan fingerprint density at radius 2 is 2.10 bits per heavy atom. The largest absolute Gasteiger partial charge is 0.434 e. The van der Waals surface area contributed by atoms with Gasteiger partial charge in [0.1, 0.15) is 10.5 Å². The van der Waals surface area contributed by atoms with Gasteiger partial charge in [0, 0.05) is 11.9 Å². The van der Waals surface area contributed by atoms with Gasteiger partial charge in [-0.05, 0) is 26.3 Å². The molecule has 0 saturated carbocycles. The Kier molecular flexibility index (Phi) is 3.29. The highest BCUT2D eigenvalue weighted by molar-refractivity contribution is 7.18. The number of nitrogen functional groups attached to an aromatic ring is 1. The van der Waals surface area contributed by atoms with Crippen LogP contribution in [-0.4, -0.2) is 19.7 Å². The summed E-state index contributed by atoms with van der Waals surface area (Å²) >= 11 is 1.62. The molecule has 0 amide bonds. The van der Waals surface area contributed by atoms with E-state index in [2.05, 4.69) is 28.1 Å². The van der Waals surface area contributed by atoms with E-state index in [9.17, 15) is 0 Å². The number of hydrogen-bond acceptors (Lipinski definition) is 6. The molecular weight excluding hydrogens is 286 g/mol. The molecule has 0 aliphatic rings. The minimum Gasteiger partial charge on any atom is -0.434 e. The second kappa shape index (κ2) is 5.00. The summed E-state index contributed by atoms with van der Waals surface area (Å²) in [6, 6.07) is 2.07. The van der Waals surface area contributed by atoms with Crippen molar-refractivity contribution < 1.29 is 4.74 Å². The fourth-order valence-corrected chi connectivity index (χ4v) is 3.18. The van der Waals surface area contributed by atoms with Crippen molar-refractivity contribution in [3.8, 4) is 11.6 Å². The van der Waals surface area contributed by atoms with Crippen LogP contribution < -0.4 is 10.5 Å². The lowest BCUT2D eigenvalue weighted by Gasteiger charge is -2.06. The number of nitrogens with two attached hydrogens (primary N) is 1. The lowest BCUT2D eigenvalue weighted by molar-refractivity contribution is 0.461. The summed E-state index contributed by atoms with van der Waals surface area (Å²) in [5, 5.41) is 5.25. The van der Waals surface area contributed by atoms with Gasteiger partial charge in [0.15, 0.2) is 5.75 Å². The first-order valence-electron chi connectivity index (χ1n) is 6.73. The van der Waals surface area contributed by atoms with Gasteiger partial charge in [-0.15, -0.1) is 11.3 Å². The number of aromatic nitrogens is 4. The molecule has 2 N–H and O–H groups in total. The van der Waals surface area contributed by atoms with Crippen LogP contribution in [0, 0.1) is 13.8 Å². The summed E-state index contributed by atoms with van der Waals surface area (Å²) in [7, 11) is 1.89. The Balaban J connectivity index is 2.13. The minimum atomic E-state index is 0.223. The SMILES string of the molecule is CCc1cc2c(Oc3c(C)nn(C)c3C)nc(N)nc2s1. The van der Waals surface area contributed by atoms with E-state index in [0.717, 1.165) is 33.8 Å². The molecule has 3 heterocycles. The number of ether oxygens (including phenoxy) is 1. The number of hydrogen-bond donors (Lipinski definition) is 1. The quantitative estimate of drug-likeness (QED) is 0.804. The zero-order valence-electron chi connectivity index (χ0n) is 12.5. The molecule has 6 nitrogen and oxygen atoms in total. The molecule has 3 aromatic rings. The van der Waals surface area contributed by atoms with Crippen molar-refractivity contribution in [1.82, 2.24) is 19.7 Å². The van der Waals surface area contributed by atoms with E-state index in [1.807, 2.05) is 20.9 Å². The first kappa shape index (κ1) is 13.8. The summed E-state index contributed by atoms with van der Waals surface area (Å²) in [5.41, 5.74) is 7.57. The summed E-state index contributed by atoms with van der Waals surface area (Å²) in [6.07, 6.45) is 0.950. The van der Waals surface area contributed by atoms with Crippen LogP contribution in [0.3, 0.4) is 0 Å². The number of aryl methyl sites for hydroxylation is 3. The van der Waals surface area contributed by atoms with Crippen LogP contribution in [0.1, 0.15) is 23.2 Å². The number of anilines is 1.